The molecule has 0 aromatic carbocycles. The Bertz CT molecular complexity index is 437. The van der Waals surface area contributed by atoms with E-state index in [0.717, 1.165) is 6.42 Å². The highest BCUT2D eigenvalue weighted by Crippen LogP contribution is 2.17. The second-order valence-electron chi connectivity index (χ2n) is 3.53. The molecule has 0 aliphatic heterocycles. The number of carbonyl (C=O) groups is 2. The third-order valence-electron chi connectivity index (χ3n) is 2.37. The van der Waals surface area contributed by atoms with Gasteiger partial charge in [-0.3, -0.25) is 4.68 Å². The minimum absolute atomic E-state index is 0.128. The van der Waals surface area contributed by atoms with Gasteiger partial charge in [-0.25, -0.2) is 9.59 Å². The zero-order valence-electron chi connectivity index (χ0n) is 10.4. The molecule has 0 fully saturated rings. The molecule has 0 N–H and O–H groups in total. The lowest BCUT2D eigenvalue weighted by molar-refractivity contribution is 0.0547. The maximum absolute atomic E-state index is 11.7. The number of ether oxygens (including phenoxy) is 2. The van der Waals surface area contributed by atoms with Crippen LogP contribution in [0.2, 0.25) is 0 Å². The molecular formula is C11H16N2O4. The van der Waals surface area contributed by atoms with Crippen LogP contribution in [0, 0.1) is 0 Å². The number of carbonyl (C=O) groups excluding carboxylic acids is 2. The first-order valence-corrected chi connectivity index (χ1v) is 5.29. The number of esters is 2. The molecule has 94 valence electrons. The second-order valence-corrected chi connectivity index (χ2v) is 3.53. The van der Waals surface area contributed by atoms with Crippen molar-refractivity contribution in [3.63, 3.8) is 0 Å². The number of aromatic nitrogens is 2. The van der Waals surface area contributed by atoms with Crippen LogP contribution in [0.15, 0.2) is 0 Å². The molecular weight excluding hydrogens is 224 g/mol. The summed E-state index contributed by atoms with van der Waals surface area (Å²) in [4.78, 5) is 23.3. The van der Waals surface area contributed by atoms with Crippen LogP contribution >= 0.6 is 0 Å². The van der Waals surface area contributed by atoms with E-state index in [1.54, 1.807) is 7.05 Å². The Balaban J connectivity index is 3.36. The summed E-state index contributed by atoms with van der Waals surface area (Å²) in [6.07, 6.45) is 1.43. The Morgan fingerprint density at radius 1 is 1.24 bits per heavy atom. The van der Waals surface area contributed by atoms with Gasteiger partial charge in [-0.05, 0) is 6.42 Å². The summed E-state index contributed by atoms with van der Waals surface area (Å²) >= 11 is 0. The molecule has 17 heavy (non-hydrogen) atoms. The van der Waals surface area contributed by atoms with E-state index in [1.807, 2.05) is 6.92 Å². The van der Waals surface area contributed by atoms with Crippen molar-refractivity contribution in [1.82, 2.24) is 9.78 Å². The third kappa shape index (κ3) is 2.46. The number of nitrogens with zero attached hydrogens (tertiary/aromatic N) is 2. The molecule has 0 saturated heterocycles. The normalized spacial score (nSPS) is 10.1. The maximum atomic E-state index is 11.7. The van der Waals surface area contributed by atoms with Crippen molar-refractivity contribution in [3.05, 3.63) is 17.0 Å². The van der Waals surface area contributed by atoms with Crippen molar-refractivity contribution < 1.29 is 19.1 Å². The average molecular weight is 240 g/mol. The molecule has 1 aromatic rings. The van der Waals surface area contributed by atoms with Gasteiger partial charge in [0.25, 0.3) is 0 Å². The average Bonchev–Trinajstić information content (AvgIpc) is 2.64. The van der Waals surface area contributed by atoms with Crippen molar-refractivity contribution in [3.8, 4) is 0 Å². The summed E-state index contributed by atoms with van der Waals surface area (Å²) in [5.41, 5.74) is 0.883. The van der Waals surface area contributed by atoms with Crippen LogP contribution in [0.5, 0.6) is 0 Å². The van der Waals surface area contributed by atoms with Crippen LogP contribution in [-0.2, 0) is 22.9 Å². The van der Waals surface area contributed by atoms with Gasteiger partial charge < -0.3 is 9.47 Å². The van der Waals surface area contributed by atoms with E-state index in [9.17, 15) is 9.59 Å². The molecule has 1 heterocycles. The van der Waals surface area contributed by atoms with Crippen LogP contribution in [0.4, 0.5) is 0 Å². The van der Waals surface area contributed by atoms with E-state index in [-0.39, 0.29) is 11.3 Å². The fourth-order valence-electron chi connectivity index (χ4n) is 1.64. The smallest absolute Gasteiger partial charge is 0.357 e. The monoisotopic (exact) mass is 240 g/mol. The van der Waals surface area contributed by atoms with Gasteiger partial charge in [0.2, 0.25) is 0 Å². The van der Waals surface area contributed by atoms with Crippen LogP contribution in [0.1, 0.15) is 39.9 Å². The Hall–Kier alpha value is -1.85. The van der Waals surface area contributed by atoms with Crippen molar-refractivity contribution in [1.29, 1.82) is 0 Å². The zero-order chi connectivity index (χ0) is 13.0. The van der Waals surface area contributed by atoms with Gasteiger partial charge in [-0.1, -0.05) is 13.3 Å². The number of methoxy groups -OCH3 is 2. The lowest BCUT2D eigenvalue weighted by Crippen LogP contribution is -2.14. The van der Waals surface area contributed by atoms with Crippen LogP contribution in [-0.4, -0.2) is 35.9 Å². The quantitative estimate of drug-likeness (QED) is 0.733. The highest BCUT2D eigenvalue weighted by Gasteiger charge is 2.27. The summed E-state index contributed by atoms with van der Waals surface area (Å²) in [6.45, 7) is 1.97. The first-order valence-electron chi connectivity index (χ1n) is 5.29. The van der Waals surface area contributed by atoms with Gasteiger partial charge in [0.15, 0.2) is 5.69 Å². The Morgan fingerprint density at radius 2 is 1.82 bits per heavy atom. The molecule has 0 saturated carbocycles. The minimum atomic E-state index is -0.595. The van der Waals surface area contributed by atoms with Crippen molar-refractivity contribution in [2.75, 3.05) is 14.2 Å². The number of hydrogen-bond donors (Lipinski definition) is 0. The van der Waals surface area contributed by atoms with Crippen molar-refractivity contribution in [2.24, 2.45) is 7.05 Å². The fourth-order valence-corrected chi connectivity index (χ4v) is 1.64. The highest BCUT2D eigenvalue weighted by atomic mass is 16.5. The molecule has 0 amide bonds. The van der Waals surface area contributed by atoms with Gasteiger partial charge in [0.1, 0.15) is 5.56 Å². The summed E-state index contributed by atoms with van der Waals surface area (Å²) < 4.78 is 10.7. The SMILES string of the molecule is CCCc1nn(C)c(C(=O)OC)c1C(=O)OC. The van der Waals surface area contributed by atoms with Gasteiger partial charge >= 0.3 is 11.9 Å². The van der Waals surface area contributed by atoms with Gasteiger partial charge in [-0.15, -0.1) is 0 Å². The third-order valence-corrected chi connectivity index (χ3v) is 2.37. The minimum Gasteiger partial charge on any atom is -0.465 e. The standard InChI is InChI=1S/C11H16N2O4/c1-5-6-7-8(10(14)16-3)9(11(15)17-4)13(2)12-7/h5-6H2,1-4H3. The molecule has 1 rings (SSSR count). The summed E-state index contributed by atoms with van der Waals surface area (Å²) in [5.74, 6) is -1.16. The molecule has 0 bridgehead atoms. The largest absolute Gasteiger partial charge is 0.465 e. The van der Waals surface area contributed by atoms with Gasteiger partial charge in [0.05, 0.1) is 19.9 Å². The van der Waals surface area contributed by atoms with Crippen molar-refractivity contribution in [2.45, 2.75) is 19.8 Å². The van der Waals surface area contributed by atoms with E-state index in [4.69, 9.17) is 0 Å². The van der Waals surface area contributed by atoms with Gasteiger partial charge in [0, 0.05) is 7.05 Å². The van der Waals surface area contributed by atoms with E-state index in [0.29, 0.717) is 12.1 Å². The predicted octanol–water partition coefficient (Wildman–Crippen LogP) is 0.946. The molecule has 1 aromatic heterocycles. The molecule has 0 aliphatic rings. The Kier molecular flexibility index (Phi) is 4.25. The maximum Gasteiger partial charge on any atom is 0.357 e. The molecule has 0 unspecified atom stereocenters. The summed E-state index contributed by atoms with van der Waals surface area (Å²) in [7, 11) is 4.12. The highest BCUT2D eigenvalue weighted by molar-refractivity contribution is 6.02. The molecule has 6 nitrogen and oxygen atoms in total. The summed E-state index contributed by atoms with van der Waals surface area (Å²) in [5, 5.41) is 4.15. The number of hydrogen-bond acceptors (Lipinski definition) is 5. The summed E-state index contributed by atoms with van der Waals surface area (Å²) in [6, 6.07) is 0. The van der Waals surface area contributed by atoms with Crippen molar-refractivity contribution >= 4 is 11.9 Å². The van der Waals surface area contributed by atoms with Crippen LogP contribution in [0.3, 0.4) is 0 Å². The van der Waals surface area contributed by atoms with Crippen LogP contribution < -0.4 is 0 Å². The number of aryl methyl sites for hydroxylation is 2. The molecule has 0 aliphatic carbocycles. The first kappa shape index (κ1) is 13.2. The van der Waals surface area contributed by atoms with E-state index in [1.165, 1.54) is 18.9 Å². The van der Waals surface area contributed by atoms with E-state index in [2.05, 4.69) is 14.6 Å². The fraction of sp³-hybridized carbons (Fsp3) is 0.545. The molecule has 0 atom stereocenters. The zero-order valence-corrected chi connectivity index (χ0v) is 10.4. The van der Waals surface area contributed by atoms with E-state index >= 15 is 0 Å². The molecule has 0 spiro atoms. The van der Waals surface area contributed by atoms with E-state index < -0.39 is 11.9 Å². The predicted molar refractivity (Wildman–Crippen MR) is 59.9 cm³/mol. The first-order chi connectivity index (χ1) is 8.06. The second kappa shape index (κ2) is 5.47. The lowest BCUT2D eigenvalue weighted by atomic mass is 10.1. The molecule has 6 heteroatoms. The number of rotatable bonds is 4. The van der Waals surface area contributed by atoms with Crippen LogP contribution in [0.25, 0.3) is 0 Å². The Labute approximate surface area is 99.5 Å². The lowest BCUT2D eigenvalue weighted by Gasteiger charge is -2.03. The van der Waals surface area contributed by atoms with Gasteiger partial charge in [-0.2, -0.15) is 5.10 Å². The molecule has 0 radical (unpaired) electrons. The topological polar surface area (TPSA) is 70.4 Å². The Morgan fingerprint density at radius 3 is 2.29 bits per heavy atom.